The fourth-order valence-electron chi connectivity index (χ4n) is 2.52. The Labute approximate surface area is 143 Å². The van der Waals surface area contributed by atoms with Crippen LogP contribution < -0.4 is 5.43 Å². The molecule has 2 aromatic carbocycles. The molecule has 3 aromatic rings. The Bertz CT molecular complexity index is 1060. The number of aromatic nitrogens is 1. The van der Waals surface area contributed by atoms with Crippen molar-refractivity contribution in [3.05, 3.63) is 80.4 Å². The minimum atomic E-state index is -1.54. The number of aromatic carboxylic acids is 1. The second-order valence-corrected chi connectivity index (χ2v) is 5.70. The van der Waals surface area contributed by atoms with E-state index in [1.165, 1.54) is 12.1 Å². The molecule has 4 nitrogen and oxygen atoms in total. The van der Waals surface area contributed by atoms with Gasteiger partial charge in [-0.1, -0.05) is 17.7 Å². The normalized spacial score (nSPS) is 11.0. The minimum Gasteiger partial charge on any atom is -0.477 e. The van der Waals surface area contributed by atoms with Crippen LogP contribution in [0.2, 0.25) is 5.02 Å². The van der Waals surface area contributed by atoms with Gasteiger partial charge in [0.2, 0.25) is 5.43 Å². The van der Waals surface area contributed by atoms with Crippen LogP contribution in [0.5, 0.6) is 0 Å². The number of rotatable bonds is 3. The van der Waals surface area contributed by atoms with Crippen LogP contribution in [0.4, 0.5) is 13.2 Å². The number of carboxylic acid groups (broad SMARTS) is 1. The highest BCUT2D eigenvalue weighted by Crippen LogP contribution is 2.23. The highest BCUT2D eigenvalue weighted by Gasteiger charge is 2.18. The summed E-state index contributed by atoms with van der Waals surface area (Å²) in [5, 5.41) is 8.92. The van der Waals surface area contributed by atoms with E-state index in [9.17, 15) is 22.8 Å². The van der Waals surface area contributed by atoms with Crippen molar-refractivity contribution in [2.45, 2.75) is 6.54 Å². The average Bonchev–Trinajstić information content (AvgIpc) is 2.54. The Morgan fingerprint density at radius 3 is 2.44 bits per heavy atom. The van der Waals surface area contributed by atoms with Crippen LogP contribution in [-0.4, -0.2) is 15.6 Å². The van der Waals surface area contributed by atoms with E-state index in [4.69, 9.17) is 16.7 Å². The van der Waals surface area contributed by atoms with Gasteiger partial charge in [-0.3, -0.25) is 4.79 Å². The van der Waals surface area contributed by atoms with Crippen molar-refractivity contribution in [3.63, 3.8) is 0 Å². The van der Waals surface area contributed by atoms with Crippen LogP contribution in [0, 0.1) is 17.5 Å². The maximum absolute atomic E-state index is 14.0. The molecule has 1 aromatic heterocycles. The summed E-state index contributed by atoms with van der Waals surface area (Å²) < 4.78 is 42.3. The van der Waals surface area contributed by atoms with Gasteiger partial charge in [0.1, 0.15) is 11.4 Å². The van der Waals surface area contributed by atoms with Crippen molar-refractivity contribution in [3.8, 4) is 0 Å². The summed E-state index contributed by atoms with van der Waals surface area (Å²) >= 11 is 5.96. The summed E-state index contributed by atoms with van der Waals surface area (Å²) in [5.41, 5.74) is -1.66. The summed E-state index contributed by atoms with van der Waals surface area (Å²) in [6.07, 6.45) is 0.952. The van der Waals surface area contributed by atoms with Crippen molar-refractivity contribution in [1.82, 2.24) is 4.57 Å². The van der Waals surface area contributed by atoms with E-state index in [1.807, 2.05) is 0 Å². The number of pyridine rings is 1. The number of carboxylic acids is 1. The first-order valence-electron chi connectivity index (χ1n) is 6.98. The zero-order valence-electron chi connectivity index (χ0n) is 12.4. The summed E-state index contributed by atoms with van der Waals surface area (Å²) in [7, 11) is 0. The van der Waals surface area contributed by atoms with Crippen LogP contribution in [0.3, 0.4) is 0 Å². The lowest BCUT2D eigenvalue weighted by Gasteiger charge is -2.14. The quantitative estimate of drug-likeness (QED) is 0.765. The molecule has 0 amide bonds. The first-order chi connectivity index (χ1) is 11.8. The monoisotopic (exact) mass is 367 g/mol. The molecule has 0 radical (unpaired) electrons. The Morgan fingerprint density at radius 1 is 1.12 bits per heavy atom. The van der Waals surface area contributed by atoms with Crippen molar-refractivity contribution in [2.24, 2.45) is 0 Å². The van der Waals surface area contributed by atoms with E-state index in [0.717, 1.165) is 22.9 Å². The number of hydrogen-bond donors (Lipinski definition) is 1. The van der Waals surface area contributed by atoms with Crippen molar-refractivity contribution < 1.29 is 23.1 Å². The van der Waals surface area contributed by atoms with Gasteiger partial charge in [0.15, 0.2) is 11.6 Å². The molecule has 1 heterocycles. The molecular weight excluding hydrogens is 359 g/mol. The molecule has 0 aliphatic rings. The van der Waals surface area contributed by atoms with Crippen LogP contribution in [0.25, 0.3) is 10.9 Å². The Morgan fingerprint density at radius 2 is 1.80 bits per heavy atom. The molecule has 0 spiro atoms. The molecule has 25 heavy (non-hydrogen) atoms. The molecule has 0 aliphatic carbocycles. The van der Waals surface area contributed by atoms with Crippen molar-refractivity contribution in [1.29, 1.82) is 0 Å². The molecule has 8 heteroatoms. The zero-order valence-corrected chi connectivity index (χ0v) is 13.1. The lowest BCUT2D eigenvalue weighted by Crippen LogP contribution is -2.20. The fraction of sp³-hybridized carbons (Fsp3) is 0.0588. The van der Waals surface area contributed by atoms with E-state index in [-0.39, 0.29) is 28.0 Å². The van der Waals surface area contributed by atoms with Gasteiger partial charge in [0, 0.05) is 28.2 Å². The predicted molar refractivity (Wildman–Crippen MR) is 85.6 cm³/mol. The third kappa shape index (κ3) is 2.98. The Hall–Kier alpha value is -2.80. The SMILES string of the molecule is O=C(O)c1cn(Cc2c(F)cccc2Cl)c2cc(F)c(F)cc2c1=O. The molecule has 0 unspecified atom stereocenters. The molecule has 0 bridgehead atoms. The third-order valence-corrected chi connectivity index (χ3v) is 4.10. The van der Waals surface area contributed by atoms with Crippen LogP contribution in [0.15, 0.2) is 41.3 Å². The van der Waals surface area contributed by atoms with E-state index >= 15 is 0 Å². The number of benzene rings is 2. The Balaban J connectivity index is 2.33. The standard InChI is InChI=1S/C17H9ClF3NO3/c18-11-2-1-3-12(19)9(11)6-22-7-10(17(24)25)16(23)8-4-13(20)14(21)5-15(8)22/h1-5,7H,6H2,(H,24,25). The molecular formula is C17H9ClF3NO3. The van der Waals surface area contributed by atoms with E-state index in [0.29, 0.717) is 6.07 Å². The van der Waals surface area contributed by atoms with E-state index in [2.05, 4.69) is 0 Å². The largest absolute Gasteiger partial charge is 0.477 e. The van der Waals surface area contributed by atoms with Crippen LogP contribution >= 0.6 is 11.6 Å². The highest BCUT2D eigenvalue weighted by molar-refractivity contribution is 6.31. The number of hydrogen-bond acceptors (Lipinski definition) is 2. The Kier molecular flexibility index (Phi) is 4.26. The summed E-state index contributed by atoms with van der Waals surface area (Å²) in [6.45, 7) is -0.270. The number of fused-ring (bicyclic) bond motifs is 1. The molecule has 128 valence electrons. The number of carbonyl (C=O) groups is 1. The second kappa shape index (κ2) is 6.25. The summed E-state index contributed by atoms with van der Waals surface area (Å²) in [5.74, 6) is -4.70. The van der Waals surface area contributed by atoms with Gasteiger partial charge in [-0.05, 0) is 18.2 Å². The maximum atomic E-state index is 14.0. The number of nitrogens with zero attached hydrogens (tertiary/aromatic N) is 1. The second-order valence-electron chi connectivity index (χ2n) is 5.29. The van der Waals surface area contributed by atoms with Gasteiger partial charge in [0.05, 0.1) is 12.1 Å². The van der Waals surface area contributed by atoms with Gasteiger partial charge in [-0.15, -0.1) is 0 Å². The molecule has 0 saturated carbocycles. The fourth-order valence-corrected chi connectivity index (χ4v) is 2.74. The first-order valence-corrected chi connectivity index (χ1v) is 7.35. The van der Waals surface area contributed by atoms with Gasteiger partial charge in [-0.2, -0.15) is 0 Å². The van der Waals surface area contributed by atoms with Gasteiger partial charge >= 0.3 is 5.97 Å². The third-order valence-electron chi connectivity index (χ3n) is 3.74. The first kappa shape index (κ1) is 17.0. The van der Waals surface area contributed by atoms with Gasteiger partial charge in [0.25, 0.3) is 0 Å². The van der Waals surface area contributed by atoms with E-state index in [1.54, 1.807) is 0 Å². The smallest absolute Gasteiger partial charge is 0.341 e. The highest BCUT2D eigenvalue weighted by atomic mass is 35.5. The molecule has 0 aliphatic heterocycles. The lowest BCUT2D eigenvalue weighted by molar-refractivity contribution is 0.0695. The molecule has 0 saturated heterocycles. The minimum absolute atomic E-state index is 0.0233. The number of halogens is 4. The average molecular weight is 368 g/mol. The summed E-state index contributed by atoms with van der Waals surface area (Å²) in [6, 6.07) is 5.36. The molecule has 0 fully saturated rings. The molecule has 3 rings (SSSR count). The van der Waals surface area contributed by atoms with Gasteiger partial charge in [-0.25, -0.2) is 18.0 Å². The van der Waals surface area contributed by atoms with E-state index < -0.39 is 34.4 Å². The predicted octanol–water partition coefficient (Wildman–Crippen LogP) is 3.82. The van der Waals surface area contributed by atoms with Crippen LogP contribution in [0.1, 0.15) is 15.9 Å². The summed E-state index contributed by atoms with van der Waals surface area (Å²) in [4.78, 5) is 23.5. The lowest BCUT2D eigenvalue weighted by atomic mass is 10.1. The topological polar surface area (TPSA) is 59.3 Å². The van der Waals surface area contributed by atoms with Gasteiger partial charge < -0.3 is 9.67 Å². The molecule has 0 atom stereocenters. The maximum Gasteiger partial charge on any atom is 0.341 e. The van der Waals surface area contributed by atoms with Crippen molar-refractivity contribution >= 4 is 28.5 Å². The van der Waals surface area contributed by atoms with Crippen molar-refractivity contribution in [2.75, 3.05) is 0 Å². The van der Waals surface area contributed by atoms with Crippen LogP contribution in [-0.2, 0) is 6.54 Å². The molecule has 1 N–H and O–H groups in total. The zero-order chi connectivity index (χ0) is 18.3.